The summed E-state index contributed by atoms with van der Waals surface area (Å²) in [5, 5.41) is 2.86. The zero-order chi connectivity index (χ0) is 21.2. The summed E-state index contributed by atoms with van der Waals surface area (Å²) in [7, 11) is -3.79. The van der Waals surface area contributed by atoms with Gasteiger partial charge in [-0.3, -0.25) is 9.69 Å². The number of hydrogen-bond acceptors (Lipinski definition) is 5. The molecule has 0 aromatic heterocycles. The zero-order valence-electron chi connectivity index (χ0n) is 17.1. The Kier molecular flexibility index (Phi) is 8.39. The van der Waals surface area contributed by atoms with Gasteiger partial charge in [-0.25, -0.2) is 8.42 Å². The monoisotopic (exact) mass is 431 g/mol. The first-order chi connectivity index (χ1) is 14.6. The second-order valence-corrected chi connectivity index (χ2v) is 9.17. The highest BCUT2D eigenvalue weighted by atomic mass is 32.2. The number of nitrogens with zero attached hydrogens (tertiary/aromatic N) is 2. The van der Waals surface area contributed by atoms with Crippen molar-refractivity contribution in [3.63, 3.8) is 0 Å². The van der Waals surface area contributed by atoms with E-state index in [0.29, 0.717) is 6.54 Å². The predicted octanol–water partition coefficient (Wildman–Crippen LogP) is 1.72. The summed E-state index contributed by atoms with van der Waals surface area (Å²) in [6, 6.07) is 17.5. The van der Waals surface area contributed by atoms with Crippen molar-refractivity contribution in [2.45, 2.75) is 17.9 Å². The van der Waals surface area contributed by atoms with Gasteiger partial charge < -0.3 is 10.1 Å². The number of ether oxygens (including phenoxy) is 1. The molecule has 1 saturated heterocycles. The third-order valence-electron chi connectivity index (χ3n) is 4.98. The van der Waals surface area contributed by atoms with Crippen molar-refractivity contribution in [3.05, 3.63) is 66.2 Å². The quantitative estimate of drug-likeness (QED) is 0.580. The number of nitrogens with one attached hydrogen (secondary N) is 1. The Morgan fingerprint density at radius 1 is 1.00 bits per heavy atom. The van der Waals surface area contributed by atoms with E-state index >= 15 is 0 Å². The van der Waals surface area contributed by atoms with E-state index in [9.17, 15) is 13.2 Å². The molecule has 1 heterocycles. The SMILES string of the molecule is O=C(CN(Cc1ccccc1)S(=O)(=O)c1ccccc1)NCCCN1CCOCC1. The summed E-state index contributed by atoms with van der Waals surface area (Å²) in [4.78, 5) is 15.0. The first kappa shape index (κ1) is 22.4. The molecule has 1 fully saturated rings. The van der Waals surface area contributed by atoms with Gasteiger partial charge in [0.05, 0.1) is 24.7 Å². The molecule has 30 heavy (non-hydrogen) atoms. The van der Waals surface area contributed by atoms with Crippen molar-refractivity contribution in [3.8, 4) is 0 Å². The molecule has 8 heteroatoms. The van der Waals surface area contributed by atoms with E-state index in [1.807, 2.05) is 30.3 Å². The topological polar surface area (TPSA) is 79.0 Å². The minimum absolute atomic E-state index is 0.138. The van der Waals surface area contributed by atoms with E-state index in [1.54, 1.807) is 30.3 Å². The first-order valence-corrected chi connectivity index (χ1v) is 11.7. The van der Waals surface area contributed by atoms with Crippen LogP contribution in [-0.2, 0) is 26.1 Å². The molecule has 1 N–H and O–H groups in total. The molecule has 3 rings (SSSR count). The van der Waals surface area contributed by atoms with Crippen molar-refractivity contribution in [2.24, 2.45) is 0 Å². The standard InChI is InChI=1S/C22H29N3O4S/c26-22(23-12-7-13-24-14-16-29-17-15-24)19-25(18-20-8-3-1-4-9-20)30(27,28)21-10-5-2-6-11-21/h1-6,8-11H,7,12-19H2,(H,23,26). The average molecular weight is 432 g/mol. The molecule has 0 aliphatic carbocycles. The molecule has 0 bridgehead atoms. The van der Waals surface area contributed by atoms with Gasteiger partial charge in [0.1, 0.15) is 0 Å². The van der Waals surface area contributed by atoms with Crippen LogP contribution in [0.3, 0.4) is 0 Å². The van der Waals surface area contributed by atoms with Crippen molar-refractivity contribution in [1.29, 1.82) is 0 Å². The van der Waals surface area contributed by atoms with Crippen molar-refractivity contribution in [1.82, 2.24) is 14.5 Å². The number of rotatable bonds is 10. The van der Waals surface area contributed by atoms with E-state index in [1.165, 1.54) is 4.31 Å². The largest absolute Gasteiger partial charge is 0.379 e. The molecule has 7 nitrogen and oxygen atoms in total. The molecule has 0 atom stereocenters. The van der Waals surface area contributed by atoms with E-state index in [-0.39, 0.29) is 23.9 Å². The van der Waals surface area contributed by atoms with Gasteiger partial charge >= 0.3 is 0 Å². The van der Waals surface area contributed by atoms with E-state index in [2.05, 4.69) is 10.2 Å². The van der Waals surface area contributed by atoms with Crippen LogP contribution in [0, 0.1) is 0 Å². The first-order valence-electron chi connectivity index (χ1n) is 10.2. The number of benzene rings is 2. The zero-order valence-corrected chi connectivity index (χ0v) is 17.9. The second kappa shape index (κ2) is 11.2. The highest BCUT2D eigenvalue weighted by molar-refractivity contribution is 7.89. The lowest BCUT2D eigenvalue weighted by molar-refractivity contribution is -0.121. The van der Waals surface area contributed by atoms with Crippen LogP contribution in [0.25, 0.3) is 0 Å². The summed E-state index contributed by atoms with van der Waals surface area (Å²) in [6.07, 6.45) is 0.815. The Morgan fingerprint density at radius 3 is 2.30 bits per heavy atom. The van der Waals surface area contributed by atoms with Crippen LogP contribution in [0.5, 0.6) is 0 Å². The second-order valence-electron chi connectivity index (χ2n) is 7.23. The van der Waals surface area contributed by atoms with Crippen LogP contribution in [0.4, 0.5) is 0 Å². The van der Waals surface area contributed by atoms with Gasteiger partial charge in [-0.15, -0.1) is 0 Å². The maximum atomic E-state index is 13.1. The number of sulfonamides is 1. The van der Waals surface area contributed by atoms with Gasteiger partial charge in [0.25, 0.3) is 0 Å². The number of morpholine rings is 1. The average Bonchev–Trinajstić information content (AvgIpc) is 2.78. The lowest BCUT2D eigenvalue weighted by Gasteiger charge is -2.26. The third-order valence-corrected chi connectivity index (χ3v) is 6.79. The molecule has 1 aliphatic heterocycles. The predicted molar refractivity (Wildman–Crippen MR) is 115 cm³/mol. The molecule has 0 spiro atoms. The normalized spacial score (nSPS) is 15.2. The van der Waals surface area contributed by atoms with Gasteiger partial charge in [-0.05, 0) is 30.7 Å². The maximum Gasteiger partial charge on any atom is 0.243 e. The van der Waals surface area contributed by atoms with E-state index in [4.69, 9.17) is 4.74 Å². The smallest absolute Gasteiger partial charge is 0.243 e. The summed E-state index contributed by atoms with van der Waals surface area (Å²) >= 11 is 0. The molecule has 162 valence electrons. The molecular formula is C22H29N3O4S. The van der Waals surface area contributed by atoms with Crippen LogP contribution >= 0.6 is 0 Å². The highest BCUT2D eigenvalue weighted by Gasteiger charge is 2.26. The lowest BCUT2D eigenvalue weighted by Crippen LogP contribution is -2.41. The number of carbonyl (C=O) groups is 1. The Bertz CT molecular complexity index is 885. The molecule has 0 saturated carbocycles. The van der Waals surface area contributed by atoms with E-state index < -0.39 is 10.0 Å². The van der Waals surface area contributed by atoms with Crippen LogP contribution in [0.15, 0.2) is 65.6 Å². The number of carbonyl (C=O) groups excluding carboxylic acids is 1. The summed E-state index contributed by atoms with van der Waals surface area (Å²) in [5.41, 5.74) is 0.831. The summed E-state index contributed by atoms with van der Waals surface area (Å²) < 4.78 is 32.8. The lowest BCUT2D eigenvalue weighted by atomic mass is 10.2. The Morgan fingerprint density at radius 2 is 1.63 bits per heavy atom. The maximum absolute atomic E-state index is 13.1. The highest BCUT2D eigenvalue weighted by Crippen LogP contribution is 2.18. The van der Waals surface area contributed by atoms with Gasteiger partial charge in [-0.1, -0.05) is 48.5 Å². The minimum atomic E-state index is -3.79. The third kappa shape index (κ3) is 6.63. The van der Waals surface area contributed by atoms with Gasteiger partial charge in [0.15, 0.2) is 0 Å². The van der Waals surface area contributed by atoms with Gasteiger partial charge in [-0.2, -0.15) is 4.31 Å². The minimum Gasteiger partial charge on any atom is -0.379 e. The molecule has 0 radical (unpaired) electrons. The summed E-state index contributed by atoms with van der Waals surface area (Å²) in [5.74, 6) is -0.299. The van der Waals surface area contributed by atoms with Crippen molar-refractivity contribution in [2.75, 3.05) is 45.9 Å². The summed E-state index contributed by atoms with van der Waals surface area (Å²) in [6.45, 7) is 4.64. The Balaban J connectivity index is 1.59. The Labute approximate surface area is 178 Å². The molecule has 1 amide bonds. The Hall–Kier alpha value is -2.26. The van der Waals surface area contributed by atoms with Crippen molar-refractivity contribution < 1.29 is 17.9 Å². The van der Waals surface area contributed by atoms with Gasteiger partial charge in [0, 0.05) is 26.2 Å². The van der Waals surface area contributed by atoms with Crippen LogP contribution < -0.4 is 5.32 Å². The fourth-order valence-electron chi connectivity index (χ4n) is 3.33. The molecule has 2 aromatic rings. The van der Waals surface area contributed by atoms with E-state index in [0.717, 1.165) is 44.8 Å². The fraction of sp³-hybridized carbons (Fsp3) is 0.409. The number of hydrogen-bond donors (Lipinski definition) is 1. The van der Waals surface area contributed by atoms with Crippen LogP contribution in [-0.4, -0.2) is 69.5 Å². The molecule has 1 aliphatic rings. The molecule has 2 aromatic carbocycles. The molecular weight excluding hydrogens is 402 g/mol. The van der Waals surface area contributed by atoms with Gasteiger partial charge in [0.2, 0.25) is 15.9 Å². The van der Waals surface area contributed by atoms with Crippen LogP contribution in [0.2, 0.25) is 0 Å². The van der Waals surface area contributed by atoms with Crippen molar-refractivity contribution >= 4 is 15.9 Å². The fourth-order valence-corrected chi connectivity index (χ4v) is 4.73. The number of amides is 1. The molecule has 0 unspecified atom stereocenters. The van der Waals surface area contributed by atoms with Crippen LogP contribution in [0.1, 0.15) is 12.0 Å².